The minimum atomic E-state index is -0.561. The third kappa shape index (κ3) is 7.31. The van der Waals surface area contributed by atoms with E-state index in [0.29, 0.717) is 6.54 Å². The van der Waals surface area contributed by atoms with Crippen LogP contribution < -0.4 is 20.1 Å². The molecule has 0 spiro atoms. The van der Waals surface area contributed by atoms with E-state index < -0.39 is 11.7 Å². The summed E-state index contributed by atoms with van der Waals surface area (Å²) in [5.41, 5.74) is 1.53. The monoisotopic (exact) mass is 400 g/mol. The number of hydrogen-bond donors (Lipinski definition) is 2. The van der Waals surface area contributed by atoms with Gasteiger partial charge < -0.3 is 24.8 Å². The molecule has 0 aliphatic rings. The summed E-state index contributed by atoms with van der Waals surface area (Å²) in [4.78, 5) is 12.4. The number of alkyl carbamates (subject to hydrolysis) is 1. The van der Waals surface area contributed by atoms with Crippen molar-refractivity contribution >= 4 is 6.09 Å². The van der Waals surface area contributed by atoms with Gasteiger partial charge in [-0.1, -0.05) is 24.3 Å². The van der Waals surface area contributed by atoms with Crippen molar-refractivity contribution in [2.45, 2.75) is 51.9 Å². The third-order valence-corrected chi connectivity index (χ3v) is 4.43. The Bertz CT molecular complexity index is 767. The Morgan fingerprint density at radius 3 is 1.93 bits per heavy atom. The van der Waals surface area contributed by atoms with Crippen LogP contribution >= 0.6 is 0 Å². The minimum absolute atomic E-state index is 0.0435. The summed E-state index contributed by atoms with van der Waals surface area (Å²) in [6.45, 7) is 8.24. The highest BCUT2D eigenvalue weighted by molar-refractivity contribution is 5.68. The highest BCUT2D eigenvalue weighted by atomic mass is 16.6. The van der Waals surface area contributed by atoms with E-state index >= 15 is 0 Å². The van der Waals surface area contributed by atoms with Crippen LogP contribution in [0.1, 0.15) is 44.9 Å². The van der Waals surface area contributed by atoms with E-state index in [1.54, 1.807) is 14.2 Å². The largest absolute Gasteiger partial charge is 0.497 e. The zero-order chi connectivity index (χ0) is 21.4. The van der Waals surface area contributed by atoms with Gasteiger partial charge in [0.05, 0.1) is 20.3 Å². The second-order valence-corrected chi connectivity index (χ2v) is 7.91. The van der Waals surface area contributed by atoms with Gasteiger partial charge in [0.25, 0.3) is 0 Å². The first-order valence-electron chi connectivity index (χ1n) is 9.71. The predicted molar refractivity (Wildman–Crippen MR) is 114 cm³/mol. The molecule has 0 fully saturated rings. The molecule has 2 aromatic carbocycles. The smallest absolute Gasteiger partial charge is 0.408 e. The normalized spacial score (nSPS) is 13.3. The number of nitrogens with one attached hydrogen (secondary N) is 2. The van der Waals surface area contributed by atoms with Gasteiger partial charge in [0.1, 0.15) is 17.1 Å². The SMILES string of the molecule is COc1ccc(CNC(C)C(NC(=O)OC(C)(C)C)c2ccc(OC)cc2)cc1. The van der Waals surface area contributed by atoms with Gasteiger partial charge >= 0.3 is 6.09 Å². The summed E-state index contributed by atoms with van der Waals surface area (Å²) >= 11 is 0. The number of ether oxygens (including phenoxy) is 3. The molecule has 2 aromatic rings. The number of carbonyl (C=O) groups excluding carboxylic acids is 1. The van der Waals surface area contributed by atoms with Crippen molar-refractivity contribution in [3.05, 3.63) is 59.7 Å². The molecule has 0 saturated heterocycles. The fourth-order valence-electron chi connectivity index (χ4n) is 2.88. The van der Waals surface area contributed by atoms with Crippen LogP contribution in [0, 0.1) is 0 Å². The zero-order valence-corrected chi connectivity index (χ0v) is 18.1. The molecule has 29 heavy (non-hydrogen) atoms. The van der Waals surface area contributed by atoms with Crippen LogP contribution in [-0.2, 0) is 11.3 Å². The Hall–Kier alpha value is -2.73. The topological polar surface area (TPSA) is 68.8 Å². The quantitative estimate of drug-likeness (QED) is 0.685. The van der Waals surface area contributed by atoms with Gasteiger partial charge in [-0.05, 0) is 63.1 Å². The van der Waals surface area contributed by atoms with Gasteiger partial charge in [-0.3, -0.25) is 0 Å². The molecule has 0 radical (unpaired) electrons. The lowest BCUT2D eigenvalue weighted by atomic mass is 10.00. The van der Waals surface area contributed by atoms with Crippen LogP contribution in [-0.4, -0.2) is 32.0 Å². The first-order valence-corrected chi connectivity index (χ1v) is 9.71. The fourth-order valence-corrected chi connectivity index (χ4v) is 2.88. The van der Waals surface area contributed by atoms with E-state index in [0.717, 1.165) is 22.6 Å². The molecule has 158 valence electrons. The van der Waals surface area contributed by atoms with Gasteiger partial charge in [-0.2, -0.15) is 0 Å². The molecule has 0 saturated carbocycles. The van der Waals surface area contributed by atoms with E-state index in [9.17, 15) is 4.79 Å². The maximum absolute atomic E-state index is 12.4. The lowest BCUT2D eigenvalue weighted by Crippen LogP contribution is -2.43. The highest BCUT2D eigenvalue weighted by Crippen LogP contribution is 2.22. The molecule has 2 N–H and O–H groups in total. The molecule has 6 heteroatoms. The minimum Gasteiger partial charge on any atom is -0.497 e. The Morgan fingerprint density at radius 2 is 1.45 bits per heavy atom. The lowest BCUT2D eigenvalue weighted by Gasteiger charge is -2.28. The fraction of sp³-hybridized carbons (Fsp3) is 0.435. The van der Waals surface area contributed by atoms with Crippen LogP contribution in [0.15, 0.2) is 48.5 Å². The van der Waals surface area contributed by atoms with Gasteiger partial charge in [0.2, 0.25) is 0 Å². The number of methoxy groups -OCH3 is 2. The van der Waals surface area contributed by atoms with Gasteiger partial charge in [0.15, 0.2) is 0 Å². The second kappa shape index (κ2) is 10.2. The third-order valence-electron chi connectivity index (χ3n) is 4.43. The Balaban J connectivity index is 2.11. The predicted octanol–water partition coefficient (Wildman–Crippen LogP) is 4.45. The molecular weight excluding hydrogens is 368 g/mol. The molecule has 0 bridgehead atoms. The van der Waals surface area contributed by atoms with E-state index in [1.165, 1.54) is 0 Å². The summed E-state index contributed by atoms with van der Waals surface area (Å²) < 4.78 is 15.9. The van der Waals surface area contributed by atoms with E-state index in [4.69, 9.17) is 14.2 Å². The summed E-state index contributed by atoms with van der Waals surface area (Å²) in [7, 11) is 3.28. The average molecular weight is 401 g/mol. The van der Waals surface area contributed by atoms with Crippen LogP contribution in [0.2, 0.25) is 0 Å². The van der Waals surface area contributed by atoms with Crippen LogP contribution in [0.25, 0.3) is 0 Å². The van der Waals surface area contributed by atoms with Crippen LogP contribution in [0.4, 0.5) is 4.79 Å². The van der Waals surface area contributed by atoms with E-state index in [-0.39, 0.29) is 12.1 Å². The van der Waals surface area contributed by atoms with Crippen molar-refractivity contribution in [2.75, 3.05) is 14.2 Å². The van der Waals surface area contributed by atoms with Gasteiger partial charge in [-0.25, -0.2) is 4.79 Å². The highest BCUT2D eigenvalue weighted by Gasteiger charge is 2.24. The van der Waals surface area contributed by atoms with Crippen molar-refractivity contribution in [1.82, 2.24) is 10.6 Å². The van der Waals surface area contributed by atoms with Gasteiger partial charge in [0, 0.05) is 12.6 Å². The molecule has 1 amide bonds. The molecule has 2 atom stereocenters. The average Bonchev–Trinajstić information content (AvgIpc) is 2.69. The van der Waals surface area contributed by atoms with Crippen molar-refractivity contribution in [2.24, 2.45) is 0 Å². The van der Waals surface area contributed by atoms with Crippen LogP contribution in [0.3, 0.4) is 0 Å². The first-order chi connectivity index (χ1) is 13.7. The number of benzene rings is 2. The second-order valence-electron chi connectivity index (χ2n) is 7.91. The summed E-state index contributed by atoms with van der Waals surface area (Å²) in [5.74, 6) is 1.59. The summed E-state index contributed by atoms with van der Waals surface area (Å²) in [5, 5.41) is 6.49. The van der Waals surface area contributed by atoms with Crippen molar-refractivity contribution in [3.8, 4) is 11.5 Å². The molecule has 2 unspecified atom stereocenters. The Morgan fingerprint density at radius 1 is 0.931 bits per heavy atom. The molecule has 0 heterocycles. The van der Waals surface area contributed by atoms with E-state index in [1.807, 2.05) is 76.2 Å². The maximum Gasteiger partial charge on any atom is 0.408 e. The molecule has 0 aliphatic heterocycles. The summed E-state index contributed by atoms with van der Waals surface area (Å²) in [6.07, 6.45) is -0.448. The van der Waals surface area contributed by atoms with Crippen molar-refractivity contribution < 1.29 is 19.0 Å². The summed E-state index contributed by atoms with van der Waals surface area (Å²) in [6, 6.07) is 15.3. The maximum atomic E-state index is 12.4. The molecule has 0 aromatic heterocycles. The number of rotatable bonds is 8. The number of hydrogen-bond acceptors (Lipinski definition) is 5. The first kappa shape index (κ1) is 22.6. The Kier molecular flexibility index (Phi) is 7.91. The zero-order valence-electron chi connectivity index (χ0n) is 18.1. The molecule has 6 nitrogen and oxygen atoms in total. The molecule has 0 aliphatic carbocycles. The number of carbonyl (C=O) groups is 1. The van der Waals surface area contributed by atoms with Gasteiger partial charge in [-0.15, -0.1) is 0 Å². The Labute approximate surface area is 173 Å². The van der Waals surface area contributed by atoms with E-state index in [2.05, 4.69) is 10.6 Å². The van der Waals surface area contributed by atoms with Crippen molar-refractivity contribution in [1.29, 1.82) is 0 Å². The molecule has 2 rings (SSSR count). The number of amides is 1. The lowest BCUT2D eigenvalue weighted by molar-refractivity contribution is 0.0493. The standard InChI is InChI=1S/C23H32N2O4/c1-16(24-15-17-7-11-19(27-5)12-8-17)21(25-22(26)29-23(2,3)4)18-9-13-20(28-6)14-10-18/h7-14,16,21,24H,15H2,1-6H3,(H,25,26). The van der Waals surface area contributed by atoms with Crippen molar-refractivity contribution in [3.63, 3.8) is 0 Å². The van der Waals surface area contributed by atoms with Crippen LogP contribution in [0.5, 0.6) is 11.5 Å². The molecular formula is C23H32N2O4.